The number of carbonyl (C=O) groups excluding carboxylic acids is 1. The number of hydrogen-bond donors (Lipinski definition) is 0. The van der Waals surface area contributed by atoms with E-state index in [2.05, 4.69) is 0 Å². The van der Waals surface area contributed by atoms with Crippen molar-refractivity contribution in [3.63, 3.8) is 0 Å². The van der Waals surface area contributed by atoms with Crippen molar-refractivity contribution in [2.45, 2.75) is 13.8 Å². The fraction of sp³-hybridized carbons (Fsp3) is 0.182. The summed E-state index contributed by atoms with van der Waals surface area (Å²) < 4.78 is 13.0. The molecule has 0 aliphatic carbocycles. The molecule has 0 heterocycles. The zero-order valence-corrected chi connectivity index (χ0v) is 8.73. The minimum atomic E-state index is -0.570. The van der Waals surface area contributed by atoms with Gasteiger partial charge in [0.05, 0.1) is 5.02 Å². The van der Waals surface area contributed by atoms with E-state index in [0.29, 0.717) is 0 Å². The summed E-state index contributed by atoms with van der Waals surface area (Å²) in [6, 6.07) is 4.20. The second-order valence-electron chi connectivity index (χ2n) is 3.19. The molecule has 0 saturated carbocycles. The van der Waals surface area contributed by atoms with E-state index in [1.807, 2.05) is 0 Å². The van der Waals surface area contributed by atoms with Crippen LogP contribution < -0.4 is 0 Å². The van der Waals surface area contributed by atoms with Crippen molar-refractivity contribution >= 4 is 17.4 Å². The molecule has 0 aromatic heterocycles. The molecule has 0 amide bonds. The van der Waals surface area contributed by atoms with Crippen molar-refractivity contribution in [1.82, 2.24) is 0 Å². The summed E-state index contributed by atoms with van der Waals surface area (Å²) >= 11 is 5.65. The number of ketones is 1. The lowest BCUT2D eigenvalue weighted by atomic mass is 10.1. The molecule has 74 valence electrons. The number of carbonyl (C=O) groups is 1. The zero-order valence-electron chi connectivity index (χ0n) is 7.97. The van der Waals surface area contributed by atoms with E-state index in [1.54, 1.807) is 13.8 Å². The first-order valence-electron chi connectivity index (χ1n) is 4.15. The minimum absolute atomic E-state index is 0.116. The Hall–Kier alpha value is -1.15. The van der Waals surface area contributed by atoms with E-state index in [0.717, 1.165) is 5.57 Å². The number of benzene rings is 1. The van der Waals surface area contributed by atoms with Gasteiger partial charge in [-0.3, -0.25) is 4.79 Å². The Labute approximate surface area is 87.2 Å². The molecule has 1 aromatic carbocycles. The molecule has 0 saturated heterocycles. The minimum Gasteiger partial charge on any atom is -0.289 e. The maximum Gasteiger partial charge on any atom is 0.187 e. The van der Waals surface area contributed by atoms with Crippen LogP contribution in [-0.4, -0.2) is 5.78 Å². The predicted octanol–water partition coefficient (Wildman–Crippen LogP) is 3.63. The third-order valence-corrected chi connectivity index (χ3v) is 2.02. The van der Waals surface area contributed by atoms with E-state index in [1.165, 1.54) is 24.3 Å². The summed E-state index contributed by atoms with van der Waals surface area (Å²) in [5.74, 6) is -0.839. The Kier molecular flexibility index (Phi) is 3.42. The molecular weight excluding hydrogens is 203 g/mol. The van der Waals surface area contributed by atoms with Gasteiger partial charge in [0, 0.05) is 5.56 Å². The number of allylic oxidation sites excluding steroid dienone is 2. The monoisotopic (exact) mass is 212 g/mol. The number of halogens is 2. The summed E-state index contributed by atoms with van der Waals surface area (Å²) in [6.07, 6.45) is 1.43. The zero-order chi connectivity index (χ0) is 10.7. The Morgan fingerprint density at radius 3 is 2.64 bits per heavy atom. The molecule has 1 nitrogen and oxygen atoms in total. The second-order valence-corrected chi connectivity index (χ2v) is 3.57. The lowest BCUT2D eigenvalue weighted by Gasteiger charge is -2.00. The maximum atomic E-state index is 13.0. The van der Waals surface area contributed by atoms with E-state index in [9.17, 15) is 9.18 Å². The van der Waals surface area contributed by atoms with Gasteiger partial charge in [-0.2, -0.15) is 0 Å². The summed E-state index contributed by atoms with van der Waals surface area (Å²) in [5.41, 5.74) is 1.06. The van der Waals surface area contributed by atoms with Crippen LogP contribution in [-0.2, 0) is 0 Å². The van der Waals surface area contributed by atoms with Crippen molar-refractivity contribution < 1.29 is 9.18 Å². The highest BCUT2D eigenvalue weighted by molar-refractivity contribution is 6.34. The molecular formula is C11H10ClFO. The van der Waals surface area contributed by atoms with Gasteiger partial charge in [0.2, 0.25) is 0 Å². The number of rotatable bonds is 2. The second kappa shape index (κ2) is 4.38. The summed E-state index contributed by atoms with van der Waals surface area (Å²) in [4.78, 5) is 11.5. The molecule has 3 heteroatoms. The first-order valence-corrected chi connectivity index (χ1v) is 4.53. The van der Waals surface area contributed by atoms with Gasteiger partial charge in [-0.15, -0.1) is 0 Å². The highest BCUT2D eigenvalue weighted by Gasteiger charge is 2.10. The lowest BCUT2D eigenvalue weighted by molar-refractivity contribution is 0.104. The molecule has 1 rings (SSSR count). The Bertz CT molecular complexity index is 392. The van der Waals surface area contributed by atoms with Crippen molar-refractivity contribution in [2.24, 2.45) is 0 Å². The fourth-order valence-corrected chi connectivity index (χ4v) is 1.25. The maximum absolute atomic E-state index is 13.0. The Morgan fingerprint density at radius 1 is 1.43 bits per heavy atom. The fourth-order valence-electron chi connectivity index (χ4n) is 1.03. The molecule has 0 bridgehead atoms. The average molecular weight is 213 g/mol. The average Bonchev–Trinajstić information content (AvgIpc) is 2.08. The largest absolute Gasteiger partial charge is 0.289 e. The molecule has 0 spiro atoms. The third kappa shape index (κ3) is 2.42. The van der Waals surface area contributed by atoms with Gasteiger partial charge in [0.15, 0.2) is 5.78 Å². The predicted molar refractivity (Wildman–Crippen MR) is 55.2 cm³/mol. The summed E-state index contributed by atoms with van der Waals surface area (Å²) in [7, 11) is 0. The van der Waals surface area contributed by atoms with Crippen LogP contribution in [0.4, 0.5) is 4.39 Å². The van der Waals surface area contributed by atoms with Crippen LogP contribution in [0, 0.1) is 5.82 Å². The molecule has 0 aliphatic rings. The van der Waals surface area contributed by atoms with E-state index < -0.39 is 5.82 Å². The number of hydrogen-bond acceptors (Lipinski definition) is 1. The van der Waals surface area contributed by atoms with Crippen LogP contribution in [0.25, 0.3) is 0 Å². The van der Waals surface area contributed by atoms with Crippen molar-refractivity contribution in [3.8, 4) is 0 Å². The van der Waals surface area contributed by atoms with Crippen molar-refractivity contribution in [2.75, 3.05) is 0 Å². The summed E-state index contributed by atoms with van der Waals surface area (Å²) in [6.45, 7) is 3.59. The molecule has 0 atom stereocenters. The quantitative estimate of drug-likeness (QED) is 0.541. The van der Waals surface area contributed by atoms with Gasteiger partial charge in [0.1, 0.15) is 5.82 Å². The summed E-state index contributed by atoms with van der Waals surface area (Å²) in [5, 5.41) is -0.116. The van der Waals surface area contributed by atoms with Gasteiger partial charge in [-0.1, -0.05) is 23.2 Å². The SMILES string of the molecule is CC(C)=CC(=O)c1cccc(F)c1Cl. The van der Waals surface area contributed by atoms with Crippen LogP contribution in [0.15, 0.2) is 29.8 Å². The molecule has 0 aliphatic heterocycles. The standard InChI is InChI=1S/C11H10ClFO/c1-7(2)6-10(14)8-4-3-5-9(13)11(8)12/h3-6H,1-2H3. The molecule has 0 unspecified atom stereocenters. The normalized spacial score (nSPS) is 9.71. The molecule has 14 heavy (non-hydrogen) atoms. The smallest absolute Gasteiger partial charge is 0.187 e. The highest BCUT2D eigenvalue weighted by atomic mass is 35.5. The van der Waals surface area contributed by atoms with Crippen molar-refractivity contribution in [1.29, 1.82) is 0 Å². The Balaban J connectivity index is 3.14. The van der Waals surface area contributed by atoms with E-state index >= 15 is 0 Å². The van der Waals surface area contributed by atoms with Crippen LogP contribution in [0.3, 0.4) is 0 Å². The van der Waals surface area contributed by atoms with Crippen LogP contribution in [0.1, 0.15) is 24.2 Å². The van der Waals surface area contributed by atoms with Gasteiger partial charge < -0.3 is 0 Å². The molecule has 0 N–H and O–H groups in total. The molecule has 1 aromatic rings. The van der Waals surface area contributed by atoms with Crippen LogP contribution in [0.2, 0.25) is 5.02 Å². The first-order chi connectivity index (χ1) is 6.52. The topological polar surface area (TPSA) is 17.1 Å². The van der Waals surface area contributed by atoms with Crippen LogP contribution >= 0.6 is 11.6 Å². The third-order valence-electron chi connectivity index (χ3n) is 1.64. The van der Waals surface area contributed by atoms with Gasteiger partial charge >= 0.3 is 0 Å². The van der Waals surface area contributed by atoms with Gasteiger partial charge in [-0.05, 0) is 32.1 Å². The lowest BCUT2D eigenvalue weighted by Crippen LogP contribution is -1.97. The molecule has 0 fully saturated rings. The van der Waals surface area contributed by atoms with Gasteiger partial charge in [0.25, 0.3) is 0 Å². The Morgan fingerprint density at radius 2 is 2.07 bits per heavy atom. The van der Waals surface area contributed by atoms with Crippen LogP contribution in [0.5, 0.6) is 0 Å². The first kappa shape index (κ1) is 10.9. The van der Waals surface area contributed by atoms with E-state index in [4.69, 9.17) is 11.6 Å². The molecule has 0 radical (unpaired) electrons. The van der Waals surface area contributed by atoms with E-state index in [-0.39, 0.29) is 16.4 Å². The van der Waals surface area contributed by atoms with Crippen molar-refractivity contribution in [3.05, 3.63) is 46.3 Å². The highest BCUT2D eigenvalue weighted by Crippen LogP contribution is 2.20. The van der Waals surface area contributed by atoms with Gasteiger partial charge in [-0.25, -0.2) is 4.39 Å².